The summed E-state index contributed by atoms with van der Waals surface area (Å²) in [6.07, 6.45) is 4.61. The summed E-state index contributed by atoms with van der Waals surface area (Å²) in [6, 6.07) is 13.5. The van der Waals surface area contributed by atoms with E-state index in [2.05, 4.69) is 25.7 Å². The molecule has 0 radical (unpaired) electrons. The third-order valence-electron chi connectivity index (χ3n) is 5.02. The number of furan rings is 1. The molecule has 1 aliphatic heterocycles. The Hall–Kier alpha value is -3.13. The van der Waals surface area contributed by atoms with E-state index in [0.29, 0.717) is 24.7 Å². The van der Waals surface area contributed by atoms with Crippen molar-refractivity contribution in [2.75, 3.05) is 19.6 Å². The van der Waals surface area contributed by atoms with E-state index in [4.69, 9.17) is 8.94 Å². The zero-order chi connectivity index (χ0) is 19.9. The number of urea groups is 1. The first-order valence-electron chi connectivity index (χ1n) is 9.92. The molecule has 8 nitrogen and oxygen atoms in total. The fourth-order valence-electron chi connectivity index (χ4n) is 3.56. The van der Waals surface area contributed by atoms with Gasteiger partial charge in [-0.3, -0.25) is 4.90 Å². The van der Waals surface area contributed by atoms with Gasteiger partial charge in [-0.1, -0.05) is 35.5 Å². The molecule has 8 heteroatoms. The molecule has 0 aliphatic carbocycles. The van der Waals surface area contributed by atoms with Gasteiger partial charge >= 0.3 is 6.03 Å². The highest BCUT2D eigenvalue weighted by Crippen LogP contribution is 2.24. The molecule has 4 rings (SSSR count). The number of rotatable bonds is 8. The lowest BCUT2D eigenvalue weighted by Gasteiger charge is -2.25. The number of benzene rings is 1. The van der Waals surface area contributed by atoms with Crippen LogP contribution in [0, 0.1) is 0 Å². The molecule has 1 atom stereocenters. The zero-order valence-corrected chi connectivity index (χ0v) is 16.2. The third kappa shape index (κ3) is 5.23. The van der Waals surface area contributed by atoms with E-state index in [9.17, 15) is 4.79 Å². The molecule has 0 saturated carbocycles. The first-order chi connectivity index (χ1) is 14.3. The molecule has 2 N–H and O–H groups in total. The van der Waals surface area contributed by atoms with Gasteiger partial charge in [0, 0.05) is 13.0 Å². The lowest BCUT2D eigenvalue weighted by molar-refractivity contribution is 0.202. The normalized spacial score (nSPS) is 15.3. The van der Waals surface area contributed by atoms with Crippen molar-refractivity contribution in [2.24, 2.45) is 0 Å². The van der Waals surface area contributed by atoms with Gasteiger partial charge in [0.25, 0.3) is 0 Å². The smallest absolute Gasteiger partial charge is 0.315 e. The summed E-state index contributed by atoms with van der Waals surface area (Å²) in [5.74, 6) is 1.85. The lowest BCUT2D eigenvalue weighted by atomic mass is 10.1. The number of hydrogen-bond donors (Lipinski definition) is 2. The Kier molecular flexibility index (Phi) is 6.21. The fourth-order valence-corrected chi connectivity index (χ4v) is 3.56. The van der Waals surface area contributed by atoms with Gasteiger partial charge in [0.15, 0.2) is 5.82 Å². The lowest BCUT2D eigenvalue weighted by Crippen LogP contribution is -2.41. The quantitative estimate of drug-likeness (QED) is 0.609. The second-order valence-electron chi connectivity index (χ2n) is 7.10. The second-order valence-corrected chi connectivity index (χ2v) is 7.10. The summed E-state index contributed by atoms with van der Waals surface area (Å²) < 4.78 is 10.8. The van der Waals surface area contributed by atoms with E-state index < -0.39 is 0 Å². The topological polar surface area (TPSA) is 96.4 Å². The highest BCUT2D eigenvalue weighted by Gasteiger charge is 2.25. The van der Waals surface area contributed by atoms with Crippen LogP contribution >= 0.6 is 0 Å². The number of nitrogens with zero attached hydrogens (tertiary/aromatic N) is 3. The van der Waals surface area contributed by atoms with Gasteiger partial charge in [0.05, 0.1) is 18.8 Å². The van der Waals surface area contributed by atoms with Crippen molar-refractivity contribution in [2.45, 2.75) is 31.8 Å². The van der Waals surface area contributed by atoms with Gasteiger partial charge in [0.1, 0.15) is 5.76 Å². The molecule has 1 aromatic carbocycles. The molecular formula is C21H25N5O3. The van der Waals surface area contributed by atoms with Crippen LogP contribution in [0.25, 0.3) is 0 Å². The first kappa shape index (κ1) is 19.2. The Labute approximate surface area is 169 Å². The van der Waals surface area contributed by atoms with Gasteiger partial charge in [-0.05, 0) is 43.6 Å². The molecule has 0 spiro atoms. The van der Waals surface area contributed by atoms with E-state index >= 15 is 0 Å². The molecule has 29 heavy (non-hydrogen) atoms. The van der Waals surface area contributed by atoms with Crippen LogP contribution in [0.2, 0.25) is 0 Å². The van der Waals surface area contributed by atoms with Crippen molar-refractivity contribution in [3.63, 3.8) is 0 Å². The number of aromatic nitrogens is 2. The monoisotopic (exact) mass is 395 g/mol. The van der Waals surface area contributed by atoms with E-state index in [-0.39, 0.29) is 18.6 Å². The molecular weight excluding hydrogens is 370 g/mol. The summed E-state index contributed by atoms with van der Waals surface area (Å²) >= 11 is 0. The Morgan fingerprint density at radius 1 is 1.10 bits per heavy atom. The SMILES string of the molecule is O=C(NCc1nc(Cc2ccccc2)no1)NC[C@H](c1ccco1)N1CCCC1. The number of nitrogens with one attached hydrogen (secondary N) is 2. The van der Waals surface area contributed by atoms with Crippen molar-refractivity contribution in [3.05, 3.63) is 71.8 Å². The average Bonchev–Trinajstić information content (AvgIpc) is 3.51. The van der Waals surface area contributed by atoms with Crippen LogP contribution in [-0.4, -0.2) is 40.7 Å². The minimum Gasteiger partial charge on any atom is -0.468 e. The molecule has 2 aromatic heterocycles. The molecule has 0 bridgehead atoms. The van der Waals surface area contributed by atoms with Crippen LogP contribution in [0.3, 0.4) is 0 Å². The summed E-state index contributed by atoms with van der Waals surface area (Å²) in [5, 5.41) is 9.67. The maximum absolute atomic E-state index is 12.2. The summed E-state index contributed by atoms with van der Waals surface area (Å²) in [5.41, 5.74) is 1.11. The van der Waals surface area contributed by atoms with Gasteiger partial charge < -0.3 is 19.6 Å². The maximum Gasteiger partial charge on any atom is 0.315 e. The summed E-state index contributed by atoms with van der Waals surface area (Å²) in [7, 11) is 0. The van der Waals surface area contributed by atoms with Crippen LogP contribution in [0.15, 0.2) is 57.7 Å². The minimum atomic E-state index is -0.274. The Balaban J connectivity index is 1.25. The number of carbonyl (C=O) groups is 1. The van der Waals surface area contributed by atoms with Crippen molar-refractivity contribution >= 4 is 6.03 Å². The molecule has 1 fully saturated rings. The minimum absolute atomic E-state index is 0.0409. The van der Waals surface area contributed by atoms with Crippen LogP contribution in [0.1, 0.15) is 41.9 Å². The highest BCUT2D eigenvalue weighted by molar-refractivity contribution is 5.73. The Morgan fingerprint density at radius 3 is 2.69 bits per heavy atom. The van der Waals surface area contributed by atoms with Crippen LogP contribution < -0.4 is 10.6 Å². The second kappa shape index (κ2) is 9.38. The molecule has 2 amide bonds. The summed E-state index contributed by atoms with van der Waals surface area (Å²) in [6.45, 7) is 2.69. The van der Waals surface area contributed by atoms with Crippen molar-refractivity contribution in [1.29, 1.82) is 0 Å². The first-order valence-corrected chi connectivity index (χ1v) is 9.92. The number of hydrogen-bond acceptors (Lipinski definition) is 6. The largest absolute Gasteiger partial charge is 0.468 e. The van der Waals surface area contributed by atoms with Crippen LogP contribution in [0.4, 0.5) is 4.79 Å². The Bertz CT molecular complexity index is 888. The fraction of sp³-hybridized carbons (Fsp3) is 0.381. The molecule has 152 valence electrons. The van der Waals surface area contributed by atoms with Gasteiger partial charge in [-0.15, -0.1) is 0 Å². The number of likely N-dealkylation sites (tertiary alicyclic amines) is 1. The van der Waals surface area contributed by atoms with Gasteiger partial charge in [0.2, 0.25) is 5.89 Å². The van der Waals surface area contributed by atoms with Crippen molar-refractivity contribution in [1.82, 2.24) is 25.7 Å². The molecule has 1 saturated heterocycles. The van der Waals surface area contributed by atoms with E-state index in [1.165, 1.54) is 12.8 Å². The standard InChI is InChI=1S/C21H25N5O3/c27-21(22-14-17(18-9-6-12-28-18)26-10-4-5-11-26)23-15-20-24-19(25-29-20)13-16-7-2-1-3-8-16/h1-3,6-9,12,17H,4-5,10-11,13-15H2,(H2,22,23,27)/t17-/m1/s1. The average molecular weight is 395 g/mol. The third-order valence-corrected chi connectivity index (χ3v) is 5.02. The van der Waals surface area contributed by atoms with Gasteiger partial charge in [-0.25, -0.2) is 4.79 Å². The highest BCUT2D eigenvalue weighted by atomic mass is 16.5. The molecule has 0 unspecified atom stereocenters. The molecule has 1 aliphatic rings. The zero-order valence-electron chi connectivity index (χ0n) is 16.2. The van der Waals surface area contributed by atoms with Crippen molar-refractivity contribution < 1.29 is 13.7 Å². The predicted molar refractivity (Wildman–Crippen MR) is 106 cm³/mol. The Morgan fingerprint density at radius 2 is 1.93 bits per heavy atom. The van der Waals surface area contributed by atoms with E-state index in [1.807, 2.05) is 42.5 Å². The van der Waals surface area contributed by atoms with E-state index in [1.54, 1.807) is 6.26 Å². The van der Waals surface area contributed by atoms with E-state index in [0.717, 1.165) is 24.4 Å². The van der Waals surface area contributed by atoms with Gasteiger partial charge in [-0.2, -0.15) is 4.98 Å². The number of amides is 2. The van der Waals surface area contributed by atoms with Crippen molar-refractivity contribution in [3.8, 4) is 0 Å². The summed E-state index contributed by atoms with van der Waals surface area (Å²) in [4.78, 5) is 18.9. The maximum atomic E-state index is 12.2. The molecule has 3 aromatic rings. The van der Waals surface area contributed by atoms with Crippen LogP contribution in [0.5, 0.6) is 0 Å². The number of carbonyl (C=O) groups excluding carboxylic acids is 1. The van der Waals surface area contributed by atoms with Crippen LogP contribution in [-0.2, 0) is 13.0 Å². The molecule has 3 heterocycles. The predicted octanol–water partition coefficient (Wildman–Crippen LogP) is 2.89.